The lowest BCUT2D eigenvalue weighted by Gasteiger charge is -2.32. The van der Waals surface area contributed by atoms with Gasteiger partial charge in [0.05, 0.1) is 11.7 Å². The first-order chi connectivity index (χ1) is 16.5. The van der Waals surface area contributed by atoms with Crippen molar-refractivity contribution < 1.29 is 13.6 Å². The largest absolute Gasteiger partial charge is 0.355 e. The van der Waals surface area contributed by atoms with Gasteiger partial charge in [-0.25, -0.2) is 18.3 Å². The lowest BCUT2D eigenvalue weighted by Crippen LogP contribution is -2.41. The van der Waals surface area contributed by atoms with Crippen molar-refractivity contribution in [1.29, 1.82) is 0 Å². The van der Waals surface area contributed by atoms with Gasteiger partial charge in [0.15, 0.2) is 5.82 Å². The Bertz CT molecular complexity index is 1300. The summed E-state index contributed by atoms with van der Waals surface area (Å²) in [4.78, 5) is 19.6. The number of piperidine rings is 1. The molecule has 1 aliphatic rings. The molecule has 1 amide bonds. The number of hydrogen-bond acceptors (Lipinski definition) is 4. The maximum absolute atomic E-state index is 13.3. The third-order valence-electron chi connectivity index (χ3n) is 6.40. The molecule has 0 aliphatic carbocycles. The van der Waals surface area contributed by atoms with Gasteiger partial charge >= 0.3 is 0 Å². The number of benzene rings is 2. The smallest absolute Gasteiger partial charge is 0.223 e. The van der Waals surface area contributed by atoms with Gasteiger partial charge in [0.2, 0.25) is 5.91 Å². The highest BCUT2D eigenvalue weighted by Crippen LogP contribution is 2.29. The van der Waals surface area contributed by atoms with E-state index in [1.165, 1.54) is 24.3 Å². The summed E-state index contributed by atoms with van der Waals surface area (Å²) in [6.07, 6.45) is 4.93. The average Bonchev–Trinajstić information content (AvgIpc) is 3.29. The molecule has 0 radical (unpaired) electrons. The molecule has 174 valence electrons. The van der Waals surface area contributed by atoms with Gasteiger partial charge in [-0.1, -0.05) is 12.1 Å². The third-order valence-corrected chi connectivity index (χ3v) is 6.40. The van der Waals surface area contributed by atoms with E-state index in [0.29, 0.717) is 25.9 Å². The molecule has 8 heteroatoms. The molecule has 34 heavy (non-hydrogen) atoms. The Labute approximate surface area is 196 Å². The van der Waals surface area contributed by atoms with Gasteiger partial charge in [-0.15, -0.1) is 0 Å². The second-order valence-electron chi connectivity index (χ2n) is 8.66. The van der Waals surface area contributed by atoms with Crippen LogP contribution in [-0.4, -0.2) is 33.6 Å². The van der Waals surface area contributed by atoms with Crippen molar-refractivity contribution >= 4 is 17.2 Å². The predicted octanol–water partition coefficient (Wildman–Crippen LogP) is 4.77. The molecule has 0 bridgehead atoms. The molecule has 3 heterocycles. The maximum atomic E-state index is 13.3. The summed E-state index contributed by atoms with van der Waals surface area (Å²) < 4.78 is 28.2. The number of hydrogen-bond donors (Lipinski definition) is 1. The van der Waals surface area contributed by atoms with Gasteiger partial charge in [0.25, 0.3) is 0 Å². The molecule has 0 unspecified atom stereocenters. The van der Waals surface area contributed by atoms with Crippen LogP contribution in [0.15, 0.2) is 67.0 Å². The number of nitrogens with one attached hydrogen (secondary N) is 1. The van der Waals surface area contributed by atoms with Crippen LogP contribution in [0.1, 0.15) is 31.4 Å². The minimum absolute atomic E-state index is 0.0191. The highest BCUT2D eigenvalue weighted by Gasteiger charge is 2.27. The Hall–Kier alpha value is -3.81. The Morgan fingerprint density at radius 1 is 1.03 bits per heavy atom. The molecule has 2 aromatic carbocycles. The Morgan fingerprint density at radius 3 is 2.35 bits per heavy atom. The lowest BCUT2D eigenvalue weighted by atomic mass is 9.95. The van der Waals surface area contributed by atoms with Crippen LogP contribution in [0.25, 0.3) is 16.8 Å². The molecule has 0 spiro atoms. The lowest BCUT2D eigenvalue weighted by molar-refractivity contribution is -0.126. The van der Waals surface area contributed by atoms with Crippen LogP contribution in [0, 0.1) is 17.6 Å². The van der Waals surface area contributed by atoms with Crippen molar-refractivity contribution in [3.8, 4) is 11.3 Å². The molecule has 1 N–H and O–H groups in total. The predicted molar refractivity (Wildman–Crippen MR) is 126 cm³/mol. The number of carbonyl (C=O) groups is 1. The summed E-state index contributed by atoms with van der Waals surface area (Å²) in [5.41, 5.74) is 3.33. The normalized spacial score (nSPS) is 15.4. The summed E-state index contributed by atoms with van der Waals surface area (Å²) in [6, 6.07) is 14.2. The fourth-order valence-corrected chi connectivity index (χ4v) is 4.43. The molecule has 1 atom stereocenters. The Balaban J connectivity index is 1.26. The average molecular weight is 462 g/mol. The highest BCUT2D eigenvalue weighted by molar-refractivity contribution is 5.80. The summed E-state index contributed by atoms with van der Waals surface area (Å²) in [6.45, 7) is 3.31. The minimum atomic E-state index is -0.291. The van der Waals surface area contributed by atoms with Crippen LogP contribution < -0.4 is 10.2 Å². The van der Waals surface area contributed by atoms with Crippen molar-refractivity contribution in [2.75, 3.05) is 18.0 Å². The zero-order chi connectivity index (χ0) is 23.7. The summed E-state index contributed by atoms with van der Waals surface area (Å²) >= 11 is 0. The molecular weight excluding hydrogens is 436 g/mol. The van der Waals surface area contributed by atoms with Crippen LogP contribution >= 0.6 is 0 Å². The number of nitrogens with zero attached hydrogens (tertiary/aromatic N) is 4. The van der Waals surface area contributed by atoms with Crippen molar-refractivity contribution in [3.05, 3.63) is 84.2 Å². The number of carbonyl (C=O) groups excluding carboxylic acids is 1. The van der Waals surface area contributed by atoms with Crippen molar-refractivity contribution in [2.24, 2.45) is 5.92 Å². The first kappa shape index (κ1) is 22.0. The summed E-state index contributed by atoms with van der Waals surface area (Å²) in [5.74, 6) is 0.182. The van der Waals surface area contributed by atoms with Crippen molar-refractivity contribution in [3.63, 3.8) is 0 Å². The number of aromatic nitrogens is 3. The second kappa shape index (κ2) is 9.21. The van der Waals surface area contributed by atoms with Crippen LogP contribution in [0.3, 0.4) is 0 Å². The van der Waals surface area contributed by atoms with Gasteiger partial charge in [0.1, 0.15) is 17.2 Å². The topological polar surface area (TPSA) is 62.5 Å². The van der Waals surface area contributed by atoms with Gasteiger partial charge in [-0.3, -0.25) is 4.79 Å². The van der Waals surface area contributed by atoms with Crippen LogP contribution in [-0.2, 0) is 4.79 Å². The quantitative estimate of drug-likeness (QED) is 0.465. The van der Waals surface area contributed by atoms with Gasteiger partial charge in [-0.2, -0.15) is 5.10 Å². The van der Waals surface area contributed by atoms with E-state index in [1.54, 1.807) is 41.2 Å². The van der Waals surface area contributed by atoms with E-state index in [9.17, 15) is 13.6 Å². The van der Waals surface area contributed by atoms with E-state index in [0.717, 1.165) is 28.2 Å². The second-order valence-corrected chi connectivity index (χ2v) is 8.66. The van der Waals surface area contributed by atoms with E-state index in [2.05, 4.69) is 20.3 Å². The fourth-order valence-electron chi connectivity index (χ4n) is 4.43. The molecule has 0 saturated carbocycles. The third kappa shape index (κ3) is 4.48. The molecule has 5 rings (SSSR count). The highest BCUT2D eigenvalue weighted by atomic mass is 19.1. The number of amides is 1. The van der Waals surface area contributed by atoms with Crippen LogP contribution in [0.5, 0.6) is 0 Å². The van der Waals surface area contributed by atoms with Gasteiger partial charge in [-0.05, 0) is 67.8 Å². The Kier molecular flexibility index (Phi) is 5.96. The summed E-state index contributed by atoms with van der Waals surface area (Å²) in [7, 11) is 0. The van der Waals surface area contributed by atoms with E-state index >= 15 is 0 Å². The van der Waals surface area contributed by atoms with Gasteiger partial charge in [0, 0.05) is 37.0 Å². The van der Waals surface area contributed by atoms with E-state index in [1.807, 2.05) is 13.0 Å². The SMILES string of the molecule is C[C@@H](NC(=O)C1CCN(c2nccn3nc(-c4ccc(F)cc4)cc23)CC1)c1ccc(F)cc1. The fraction of sp³-hybridized carbons (Fsp3) is 0.269. The maximum Gasteiger partial charge on any atom is 0.223 e. The van der Waals surface area contributed by atoms with Gasteiger partial charge < -0.3 is 10.2 Å². The van der Waals surface area contributed by atoms with E-state index in [4.69, 9.17) is 0 Å². The summed E-state index contributed by atoms with van der Waals surface area (Å²) in [5, 5.41) is 7.68. The number of anilines is 1. The van der Waals surface area contributed by atoms with Crippen molar-refractivity contribution in [2.45, 2.75) is 25.8 Å². The van der Waals surface area contributed by atoms with Crippen LogP contribution in [0.4, 0.5) is 14.6 Å². The van der Waals surface area contributed by atoms with E-state index < -0.39 is 0 Å². The zero-order valence-corrected chi connectivity index (χ0v) is 18.8. The molecule has 6 nitrogen and oxygen atoms in total. The molecule has 4 aromatic rings. The standard InChI is InChI=1S/C26H25F2N5O/c1-17(18-2-6-21(27)7-3-18)30-26(34)20-10-13-32(14-11-20)25-24-16-23(31-33(24)15-12-29-25)19-4-8-22(28)9-5-19/h2-9,12,15-17,20H,10-11,13-14H2,1H3,(H,30,34)/t17-/m1/s1. The molecule has 1 saturated heterocycles. The monoisotopic (exact) mass is 461 g/mol. The van der Waals surface area contributed by atoms with Crippen molar-refractivity contribution in [1.82, 2.24) is 19.9 Å². The van der Waals surface area contributed by atoms with Crippen LogP contribution in [0.2, 0.25) is 0 Å². The first-order valence-electron chi connectivity index (χ1n) is 11.4. The first-order valence-corrected chi connectivity index (χ1v) is 11.4. The zero-order valence-electron chi connectivity index (χ0n) is 18.8. The molecule has 1 fully saturated rings. The van der Waals surface area contributed by atoms with E-state index in [-0.39, 0.29) is 29.5 Å². The number of rotatable bonds is 5. The Morgan fingerprint density at radius 2 is 1.68 bits per heavy atom. The molecule has 2 aromatic heterocycles. The number of fused-ring (bicyclic) bond motifs is 1. The number of halogens is 2. The molecular formula is C26H25F2N5O. The minimum Gasteiger partial charge on any atom is -0.355 e. The molecule has 1 aliphatic heterocycles.